The molecule has 5 nitrogen and oxygen atoms in total. The van der Waals surface area contributed by atoms with Crippen molar-refractivity contribution in [3.05, 3.63) is 29.8 Å². The SMILES string of the molecule is CC(C)(C)NC(=O)c1ccc(NC(=O)N2CC3CC4CC(C3)CC2C4)cc1. The predicted octanol–water partition coefficient (Wildman–Crippen LogP) is 4.26. The molecule has 0 aromatic heterocycles. The molecule has 1 aromatic carbocycles. The summed E-state index contributed by atoms with van der Waals surface area (Å²) in [6, 6.07) is 7.59. The first-order chi connectivity index (χ1) is 12.8. The van der Waals surface area contributed by atoms with Gasteiger partial charge in [0, 0.05) is 29.4 Å². The molecule has 2 N–H and O–H groups in total. The number of benzene rings is 1. The number of nitrogens with one attached hydrogen (secondary N) is 2. The Labute approximate surface area is 161 Å². The minimum Gasteiger partial charge on any atom is -0.347 e. The van der Waals surface area contributed by atoms with Crippen LogP contribution in [-0.4, -0.2) is 35.0 Å². The molecule has 3 amide bonds. The van der Waals surface area contributed by atoms with Crippen LogP contribution in [0, 0.1) is 17.8 Å². The zero-order valence-electron chi connectivity index (χ0n) is 16.6. The normalized spacial score (nSPS) is 29.4. The number of rotatable bonds is 2. The van der Waals surface area contributed by atoms with Gasteiger partial charge in [0.2, 0.25) is 0 Å². The molecule has 0 radical (unpaired) electrons. The van der Waals surface area contributed by atoms with Crippen LogP contribution < -0.4 is 10.6 Å². The fourth-order valence-corrected chi connectivity index (χ4v) is 5.35. The van der Waals surface area contributed by atoms with E-state index in [1.807, 2.05) is 32.9 Å². The molecule has 27 heavy (non-hydrogen) atoms. The van der Waals surface area contributed by atoms with E-state index in [0.717, 1.165) is 24.1 Å². The van der Waals surface area contributed by atoms with Crippen LogP contribution in [0.3, 0.4) is 0 Å². The second kappa shape index (κ2) is 6.84. The van der Waals surface area contributed by atoms with E-state index in [1.54, 1.807) is 12.1 Å². The summed E-state index contributed by atoms with van der Waals surface area (Å²) in [5.41, 5.74) is 1.08. The molecular weight excluding hydrogens is 338 g/mol. The molecule has 0 spiro atoms. The number of anilines is 1. The van der Waals surface area contributed by atoms with E-state index in [9.17, 15) is 9.59 Å². The first-order valence-electron chi connectivity index (χ1n) is 10.3. The number of nitrogens with zero attached hydrogens (tertiary/aromatic N) is 1. The molecule has 5 rings (SSSR count). The largest absolute Gasteiger partial charge is 0.347 e. The summed E-state index contributed by atoms with van der Waals surface area (Å²) in [4.78, 5) is 27.2. The summed E-state index contributed by atoms with van der Waals surface area (Å²) in [7, 11) is 0. The monoisotopic (exact) mass is 369 g/mol. The average molecular weight is 370 g/mol. The smallest absolute Gasteiger partial charge is 0.322 e. The van der Waals surface area contributed by atoms with Crippen molar-refractivity contribution < 1.29 is 9.59 Å². The zero-order chi connectivity index (χ0) is 19.2. The van der Waals surface area contributed by atoms with Gasteiger partial charge >= 0.3 is 6.03 Å². The molecule has 2 heterocycles. The van der Waals surface area contributed by atoms with Gasteiger partial charge in [-0.25, -0.2) is 4.79 Å². The number of carbonyl (C=O) groups excluding carboxylic acids is 2. The summed E-state index contributed by atoms with van der Waals surface area (Å²) < 4.78 is 0. The van der Waals surface area contributed by atoms with Gasteiger partial charge in [-0.1, -0.05) is 0 Å². The van der Waals surface area contributed by atoms with Crippen molar-refractivity contribution in [2.45, 2.75) is 64.5 Å². The molecule has 2 atom stereocenters. The molecule has 2 aliphatic heterocycles. The van der Waals surface area contributed by atoms with Crippen LogP contribution in [0.4, 0.5) is 10.5 Å². The molecule has 1 aromatic rings. The highest BCUT2D eigenvalue weighted by Crippen LogP contribution is 2.47. The Hall–Kier alpha value is -2.04. The predicted molar refractivity (Wildman–Crippen MR) is 107 cm³/mol. The van der Waals surface area contributed by atoms with E-state index in [0.29, 0.717) is 17.5 Å². The van der Waals surface area contributed by atoms with Gasteiger partial charge in [0.15, 0.2) is 0 Å². The van der Waals surface area contributed by atoms with Crippen LogP contribution >= 0.6 is 0 Å². The first-order valence-corrected chi connectivity index (χ1v) is 10.3. The van der Waals surface area contributed by atoms with Crippen molar-refractivity contribution in [1.82, 2.24) is 10.2 Å². The lowest BCUT2D eigenvalue weighted by molar-refractivity contribution is 0.0919. The maximum absolute atomic E-state index is 12.9. The Balaban J connectivity index is 1.40. The molecule has 2 unspecified atom stereocenters. The molecule has 4 bridgehead atoms. The number of urea groups is 1. The Morgan fingerprint density at radius 3 is 2.11 bits per heavy atom. The highest BCUT2D eigenvalue weighted by molar-refractivity contribution is 5.96. The topological polar surface area (TPSA) is 61.4 Å². The second-order valence-electron chi connectivity index (χ2n) is 9.79. The van der Waals surface area contributed by atoms with E-state index >= 15 is 0 Å². The van der Waals surface area contributed by atoms with Crippen molar-refractivity contribution in [1.29, 1.82) is 0 Å². The highest BCUT2D eigenvalue weighted by Gasteiger charge is 2.44. The van der Waals surface area contributed by atoms with Crippen LogP contribution in [0.1, 0.15) is 63.2 Å². The van der Waals surface area contributed by atoms with Crippen molar-refractivity contribution in [3.63, 3.8) is 0 Å². The van der Waals surface area contributed by atoms with Gasteiger partial charge < -0.3 is 15.5 Å². The molecule has 4 aliphatic rings. The van der Waals surface area contributed by atoms with Crippen LogP contribution in [0.2, 0.25) is 0 Å². The maximum atomic E-state index is 12.9. The Morgan fingerprint density at radius 2 is 1.52 bits per heavy atom. The molecule has 2 saturated heterocycles. The lowest BCUT2D eigenvalue weighted by atomic mass is 9.68. The van der Waals surface area contributed by atoms with E-state index in [2.05, 4.69) is 15.5 Å². The Kier molecular flexibility index (Phi) is 4.65. The molecule has 4 fully saturated rings. The van der Waals surface area contributed by atoms with Crippen LogP contribution in [0.5, 0.6) is 0 Å². The third kappa shape index (κ3) is 4.12. The van der Waals surface area contributed by atoms with E-state index in [1.165, 1.54) is 32.1 Å². The molecule has 2 saturated carbocycles. The number of amides is 3. The summed E-state index contributed by atoms with van der Waals surface area (Å²) in [6.07, 6.45) is 6.32. The number of carbonyl (C=O) groups is 2. The number of hydrogen-bond acceptors (Lipinski definition) is 2. The lowest BCUT2D eigenvalue weighted by Gasteiger charge is -2.38. The second-order valence-corrected chi connectivity index (χ2v) is 9.79. The lowest BCUT2D eigenvalue weighted by Crippen LogP contribution is -2.44. The summed E-state index contributed by atoms with van der Waals surface area (Å²) in [5.74, 6) is 2.23. The van der Waals surface area contributed by atoms with E-state index < -0.39 is 0 Å². The van der Waals surface area contributed by atoms with Gasteiger partial charge in [0.25, 0.3) is 5.91 Å². The Morgan fingerprint density at radius 1 is 0.926 bits per heavy atom. The molecular formula is C22H31N3O2. The van der Waals surface area contributed by atoms with Crippen LogP contribution in [0.15, 0.2) is 24.3 Å². The fourth-order valence-electron chi connectivity index (χ4n) is 5.35. The third-order valence-electron chi connectivity index (χ3n) is 6.25. The molecule has 146 valence electrons. The van der Waals surface area contributed by atoms with Crippen LogP contribution in [0.25, 0.3) is 0 Å². The van der Waals surface area contributed by atoms with Crippen molar-refractivity contribution in [2.75, 3.05) is 11.9 Å². The average Bonchev–Trinajstić information content (AvgIpc) is 2.77. The number of fused-ring (bicyclic) bond motifs is 1. The quantitative estimate of drug-likeness (QED) is 0.818. The first kappa shape index (κ1) is 18.3. The van der Waals surface area contributed by atoms with Gasteiger partial charge in [-0.2, -0.15) is 0 Å². The summed E-state index contributed by atoms with van der Waals surface area (Å²) in [6.45, 7) is 6.78. The van der Waals surface area contributed by atoms with E-state index in [4.69, 9.17) is 0 Å². The zero-order valence-corrected chi connectivity index (χ0v) is 16.6. The summed E-state index contributed by atoms with van der Waals surface area (Å²) >= 11 is 0. The van der Waals surface area contributed by atoms with Crippen molar-refractivity contribution >= 4 is 17.6 Å². The third-order valence-corrected chi connectivity index (χ3v) is 6.25. The van der Waals surface area contributed by atoms with Crippen molar-refractivity contribution in [3.8, 4) is 0 Å². The van der Waals surface area contributed by atoms with Crippen molar-refractivity contribution in [2.24, 2.45) is 17.8 Å². The van der Waals surface area contributed by atoms with Gasteiger partial charge in [0.05, 0.1) is 0 Å². The standard InChI is InChI=1S/C22H31N3O2/c1-22(2,3)24-20(26)17-4-6-18(7-5-17)23-21(27)25-13-16-9-14-8-15(10-16)12-19(25)11-14/h4-7,14-16,19H,8-13H2,1-3H3,(H,23,27)(H,24,26). The van der Waals surface area contributed by atoms with Gasteiger partial charge in [-0.15, -0.1) is 0 Å². The highest BCUT2D eigenvalue weighted by atomic mass is 16.2. The van der Waals surface area contributed by atoms with E-state index in [-0.39, 0.29) is 17.5 Å². The van der Waals surface area contributed by atoms with Crippen LogP contribution in [-0.2, 0) is 0 Å². The molecule has 5 heteroatoms. The fraction of sp³-hybridized carbons (Fsp3) is 0.636. The van der Waals surface area contributed by atoms with Gasteiger partial charge in [0.1, 0.15) is 0 Å². The minimum atomic E-state index is -0.269. The minimum absolute atomic E-state index is 0.0140. The Bertz CT molecular complexity index is 708. The number of hydrogen-bond donors (Lipinski definition) is 2. The summed E-state index contributed by atoms with van der Waals surface area (Å²) in [5, 5.41) is 6.00. The van der Waals surface area contributed by atoms with Gasteiger partial charge in [-0.3, -0.25) is 4.79 Å². The molecule has 2 aliphatic carbocycles. The maximum Gasteiger partial charge on any atom is 0.322 e. The van der Waals surface area contributed by atoms with Gasteiger partial charge in [-0.05, 0) is 94.9 Å².